The van der Waals surface area contributed by atoms with Gasteiger partial charge in [0.2, 0.25) is 0 Å². The number of aromatic nitrogens is 6. The average molecular weight is 333 g/mol. The monoisotopic (exact) mass is 333 g/mol. The number of nitrogens with one attached hydrogen (secondary N) is 2. The molecular weight excluding hydrogens is 314 g/mol. The predicted molar refractivity (Wildman–Crippen MR) is 98.1 cm³/mol. The molecule has 0 aliphatic rings. The molecule has 0 aromatic carbocycles. The first-order valence-electron chi connectivity index (χ1n) is 8.18. The highest BCUT2D eigenvalue weighted by molar-refractivity contribution is 6.00. The zero-order chi connectivity index (χ0) is 17.4. The van der Waals surface area contributed by atoms with Crippen LogP contribution in [0.25, 0.3) is 33.5 Å². The second-order valence-corrected chi connectivity index (χ2v) is 6.26. The standard InChI is InChI=1S/C18H19N7/c1-11(2)21-18-16-14(5-8-20-18)22-23-17(16)15-10-12(4-7-19-15)13-6-9-25(3)24-13/h4-11H,1-3H3,(H,20,21)(H,22,23). The highest BCUT2D eigenvalue weighted by Crippen LogP contribution is 2.31. The zero-order valence-corrected chi connectivity index (χ0v) is 14.4. The van der Waals surface area contributed by atoms with Gasteiger partial charge in [-0.15, -0.1) is 0 Å². The van der Waals surface area contributed by atoms with Crippen LogP contribution in [0.3, 0.4) is 0 Å². The molecule has 0 fully saturated rings. The van der Waals surface area contributed by atoms with E-state index in [1.807, 2.05) is 37.5 Å². The summed E-state index contributed by atoms with van der Waals surface area (Å²) in [6.45, 7) is 4.17. The van der Waals surface area contributed by atoms with E-state index < -0.39 is 0 Å². The van der Waals surface area contributed by atoms with Crippen LogP contribution >= 0.6 is 0 Å². The van der Waals surface area contributed by atoms with E-state index in [4.69, 9.17) is 0 Å². The summed E-state index contributed by atoms with van der Waals surface area (Å²) in [5.74, 6) is 0.807. The Morgan fingerprint density at radius 2 is 1.92 bits per heavy atom. The lowest BCUT2D eigenvalue weighted by Crippen LogP contribution is -2.11. The molecule has 7 heteroatoms. The summed E-state index contributed by atoms with van der Waals surface area (Å²) in [4.78, 5) is 8.99. The van der Waals surface area contributed by atoms with Gasteiger partial charge in [-0.1, -0.05) is 0 Å². The normalized spacial score (nSPS) is 11.4. The summed E-state index contributed by atoms with van der Waals surface area (Å²) in [5.41, 5.74) is 4.41. The maximum atomic E-state index is 4.51. The molecule has 0 saturated heterocycles. The topological polar surface area (TPSA) is 84.3 Å². The molecule has 0 atom stereocenters. The van der Waals surface area contributed by atoms with E-state index in [9.17, 15) is 0 Å². The molecule has 0 saturated carbocycles. The van der Waals surface area contributed by atoms with Gasteiger partial charge in [0.25, 0.3) is 0 Å². The molecule has 4 heterocycles. The number of aromatic amines is 1. The summed E-state index contributed by atoms with van der Waals surface area (Å²) in [6.07, 6.45) is 5.48. The van der Waals surface area contributed by atoms with Crippen LogP contribution in [0.5, 0.6) is 0 Å². The molecule has 0 unspecified atom stereocenters. The maximum absolute atomic E-state index is 4.51. The molecule has 0 bridgehead atoms. The Hall–Kier alpha value is -3.22. The van der Waals surface area contributed by atoms with Crippen molar-refractivity contribution < 1.29 is 0 Å². The highest BCUT2D eigenvalue weighted by atomic mass is 15.2. The van der Waals surface area contributed by atoms with Crippen molar-refractivity contribution in [2.45, 2.75) is 19.9 Å². The minimum Gasteiger partial charge on any atom is -0.367 e. The first-order valence-corrected chi connectivity index (χ1v) is 8.18. The van der Waals surface area contributed by atoms with Gasteiger partial charge in [0.05, 0.1) is 22.3 Å². The average Bonchev–Trinajstić information content (AvgIpc) is 3.21. The lowest BCUT2D eigenvalue weighted by atomic mass is 10.1. The molecule has 0 spiro atoms. The summed E-state index contributed by atoms with van der Waals surface area (Å²) in [6, 6.07) is 8.12. The fourth-order valence-corrected chi connectivity index (χ4v) is 2.82. The Labute approximate surface area is 145 Å². The minimum absolute atomic E-state index is 0.272. The van der Waals surface area contributed by atoms with Crippen LogP contribution < -0.4 is 5.32 Å². The number of hydrogen-bond donors (Lipinski definition) is 2. The number of H-pyrrole nitrogens is 1. The van der Waals surface area contributed by atoms with Crippen LogP contribution in [0.15, 0.2) is 42.9 Å². The third-order valence-electron chi connectivity index (χ3n) is 3.91. The van der Waals surface area contributed by atoms with Gasteiger partial charge in [-0.05, 0) is 38.1 Å². The summed E-state index contributed by atoms with van der Waals surface area (Å²) >= 11 is 0. The summed E-state index contributed by atoms with van der Waals surface area (Å²) in [7, 11) is 1.91. The van der Waals surface area contributed by atoms with Gasteiger partial charge in [0.1, 0.15) is 11.5 Å². The van der Waals surface area contributed by atoms with E-state index in [-0.39, 0.29) is 6.04 Å². The SMILES string of the molecule is CC(C)Nc1nccc2[nH]nc(-c3cc(-c4ccn(C)n4)ccn3)c12. The third kappa shape index (κ3) is 2.84. The minimum atomic E-state index is 0.272. The van der Waals surface area contributed by atoms with E-state index in [2.05, 4.69) is 44.4 Å². The van der Waals surface area contributed by atoms with Crippen LogP contribution in [-0.2, 0) is 7.05 Å². The Balaban J connectivity index is 1.85. The molecule has 0 amide bonds. The maximum Gasteiger partial charge on any atom is 0.137 e. The van der Waals surface area contributed by atoms with E-state index in [0.29, 0.717) is 0 Å². The van der Waals surface area contributed by atoms with Crippen molar-refractivity contribution in [1.82, 2.24) is 29.9 Å². The van der Waals surface area contributed by atoms with Crippen molar-refractivity contribution in [2.24, 2.45) is 7.05 Å². The Morgan fingerprint density at radius 3 is 2.68 bits per heavy atom. The third-order valence-corrected chi connectivity index (χ3v) is 3.91. The number of nitrogens with zero attached hydrogens (tertiary/aromatic N) is 5. The predicted octanol–water partition coefficient (Wildman–Crippen LogP) is 3.24. The fourth-order valence-electron chi connectivity index (χ4n) is 2.82. The van der Waals surface area contributed by atoms with Crippen LogP contribution in [0, 0.1) is 0 Å². The molecule has 0 aliphatic heterocycles. The number of aryl methyl sites for hydroxylation is 1. The van der Waals surface area contributed by atoms with Gasteiger partial charge in [-0.25, -0.2) is 4.98 Å². The lowest BCUT2D eigenvalue weighted by Gasteiger charge is -2.10. The van der Waals surface area contributed by atoms with Crippen LogP contribution in [0.1, 0.15) is 13.8 Å². The van der Waals surface area contributed by atoms with Gasteiger partial charge >= 0.3 is 0 Å². The number of fused-ring (bicyclic) bond motifs is 1. The molecule has 0 radical (unpaired) electrons. The smallest absolute Gasteiger partial charge is 0.137 e. The van der Waals surface area contributed by atoms with Gasteiger partial charge in [-0.2, -0.15) is 10.2 Å². The molecule has 4 aromatic heterocycles. The second-order valence-electron chi connectivity index (χ2n) is 6.26. The lowest BCUT2D eigenvalue weighted by molar-refractivity contribution is 0.771. The molecule has 0 aliphatic carbocycles. The fraction of sp³-hybridized carbons (Fsp3) is 0.222. The first kappa shape index (κ1) is 15.3. The molecule has 4 rings (SSSR count). The summed E-state index contributed by atoms with van der Waals surface area (Å²) in [5, 5.41) is 16.3. The van der Waals surface area contributed by atoms with Crippen molar-refractivity contribution in [3.05, 3.63) is 42.9 Å². The van der Waals surface area contributed by atoms with Crippen LogP contribution in [0.2, 0.25) is 0 Å². The number of hydrogen-bond acceptors (Lipinski definition) is 5. The number of pyridine rings is 2. The largest absolute Gasteiger partial charge is 0.367 e. The van der Waals surface area contributed by atoms with E-state index >= 15 is 0 Å². The van der Waals surface area contributed by atoms with Crippen molar-refractivity contribution in [3.63, 3.8) is 0 Å². The number of anilines is 1. The molecule has 25 heavy (non-hydrogen) atoms. The van der Waals surface area contributed by atoms with Crippen molar-refractivity contribution in [2.75, 3.05) is 5.32 Å². The highest BCUT2D eigenvalue weighted by Gasteiger charge is 2.16. The Morgan fingerprint density at radius 1 is 1.08 bits per heavy atom. The van der Waals surface area contributed by atoms with Gasteiger partial charge in [0.15, 0.2) is 0 Å². The van der Waals surface area contributed by atoms with Crippen LogP contribution in [-0.4, -0.2) is 36.0 Å². The molecular formula is C18H19N7. The van der Waals surface area contributed by atoms with Crippen molar-refractivity contribution in [1.29, 1.82) is 0 Å². The Kier molecular flexibility index (Phi) is 3.68. The van der Waals surface area contributed by atoms with E-state index in [0.717, 1.165) is 39.4 Å². The van der Waals surface area contributed by atoms with Gasteiger partial charge in [0, 0.05) is 37.2 Å². The quantitative estimate of drug-likeness (QED) is 0.599. The number of rotatable bonds is 4. The first-order chi connectivity index (χ1) is 12.1. The zero-order valence-electron chi connectivity index (χ0n) is 14.4. The summed E-state index contributed by atoms with van der Waals surface area (Å²) < 4.78 is 1.79. The van der Waals surface area contributed by atoms with Crippen LogP contribution in [0.4, 0.5) is 5.82 Å². The second kappa shape index (κ2) is 6.01. The van der Waals surface area contributed by atoms with Crippen molar-refractivity contribution in [3.8, 4) is 22.6 Å². The van der Waals surface area contributed by atoms with Gasteiger partial charge in [-0.3, -0.25) is 14.8 Å². The molecule has 2 N–H and O–H groups in total. The molecule has 7 nitrogen and oxygen atoms in total. The Bertz CT molecular complexity index is 1030. The molecule has 4 aromatic rings. The van der Waals surface area contributed by atoms with Crippen molar-refractivity contribution >= 4 is 16.7 Å². The van der Waals surface area contributed by atoms with E-state index in [1.165, 1.54) is 0 Å². The van der Waals surface area contributed by atoms with Gasteiger partial charge < -0.3 is 5.32 Å². The van der Waals surface area contributed by atoms with E-state index in [1.54, 1.807) is 17.1 Å². The molecule has 126 valence electrons.